The first-order chi connectivity index (χ1) is 13.4. The van der Waals surface area contributed by atoms with E-state index in [0.717, 1.165) is 22.3 Å². The molecule has 2 rings (SSSR count). The Hall–Kier alpha value is -1.93. The molecule has 1 aliphatic heterocycles. The third-order valence-electron chi connectivity index (χ3n) is 5.38. The molecule has 0 unspecified atom stereocenters. The van der Waals surface area contributed by atoms with Crippen LogP contribution in [0, 0.1) is 33.6 Å². The number of nitrogens with zero attached hydrogens (tertiary/aromatic N) is 1. The molecule has 1 saturated heterocycles. The van der Waals surface area contributed by atoms with Crippen molar-refractivity contribution in [3.63, 3.8) is 0 Å². The van der Waals surface area contributed by atoms with Crippen molar-refractivity contribution in [2.24, 2.45) is 5.92 Å². The first kappa shape index (κ1) is 23.3. The highest BCUT2D eigenvalue weighted by atomic mass is 32.2. The van der Waals surface area contributed by atoms with E-state index in [0.29, 0.717) is 17.7 Å². The Balaban J connectivity index is 2.04. The molecular weight excluding hydrogens is 394 g/mol. The lowest BCUT2D eigenvalue weighted by atomic mass is 9.98. The summed E-state index contributed by atoms with van der Waals surface area (Å²) in [5.74, 6) is -1.50. The van der Waals surface area contributed by atoms with E-state index >= 15 is 0 Å². The van der Waals surface area contributed by atoms with Gasteiger partial charge in [0, 0.05) is 13.1 Å². The van der Waals surface area contributed by atoms with Crippen LogP contribution in [0.2, 0.25) is 0 Å². The highest BCUT2D eigenvalue weighted by molar-refractivity contribution is 7.89. The van der Waals surface area contributed by atoms with Crippen molar-refractivity contribution >= 4 is 22.0 Å². The van der Waals surface area contributed by atoms with Gasteiger partial charge in [0.15, 0.2) is 6.61 Å². The molecule has 1 fully saturated rings. The Morgan fingerprint density at radius 2 is 1.59 bits per heavy atom. The van der Waals surface area contributed by atoms with E-state index < -0.39 is 34.5 Å². The van der Waals surface area contributed by atoms with E-state index in [4.69, 9.17) is 9.47 Å². The van der Waals surface area contributed by atoms with Crippen molar-refractivity contribution in [2.45, 2.75) is 65.4 Å². The summed E-state index contributed by atoms with van der Waals surface area (Å²) in [7, 11) is -3.65. The summed E-state index contributed by atoms with van der Waals surface area (Å²) in [5.41, 5.74) is 3.41. The summed E-state index contributed by atoms with van der Waals surface area (Å²) in [6, 6.07) is 2.00. The van der Waals surface area contributed by atoms with Gasteiger partial charge in [0.05, 0.1) is 16.9 Å². The minimum Gasteiger partial charge on any atom is -0.460 e. The summed E-state index contributed by atoms with van der Waals surface area (Å²) >= 11 is 0. The highest BCUT2D eigenvalue weighted by Gasteiger charge is 2.35. The van der Waals surface area contributed by atoms with Crippen molar-refractivity contribution in [3.8, 4) is 0 Å². The number of rotatable bonds is 6. The topological polar surface area (TPSA) is 90.0 Å². The van der Waals surface area contributed by atoms with Crippen LogP contribution in [0.25, 0.3) is 0 Å². The number of hydrogen-bond donors (Lipinski definition) is 0. The smallest absolute Gasteiger partial charge is 0.344 e. The normalized spacial score (nSPS) is 16.1. The number of carbonyl (C=O) groups is 2. The van der Waals surface area contributed by atoms with Crippen LogP contribution < -0.4 is 0 Å². The lowest BCUT2D eigenvalue weighted by Crippen LogP contribution is -2.41. The summed E-state index contributed by atoms with van der Waals surface area (Å²) in [5, 5.41) is 0. The number of piperidine rings is 1. The second-order valence-electron chi connectivity index (χ2n) is 7.91. The van der Waals surface area contributed by atoms with Crippen molar-refractivity contribution in [1.82, 2.24) is 4.31 Å². The zero-order valence-corrected chi connectivity index (χ0v) is 18.9. The predicted octanol–water partition coefficient (Wildman–Crippen LogP) is 2.82. The molecule has 7 nitrogen and oxygen atoms in total. The van der Waals surface area contributed by atoms with Gasteiger partial charge in [0.1, 0.15) is 0 Å². The maximum atomic E-state index is 13.3. The van der Waals surface area contributed by atoms with E-state index in [-0.39, 0.29) is 19.2 Å². The number of esters is 2. The van der Waals surface area contributed by atoms with Gasteiger partial charge in [-0.2, -0.15) is 4.31 Å². The molecule has 0 atom stereocenters. The monoisotopic (exact) mass is 425 g/mol. The van der Waals surface area contributed by atoms with E-state index in [2.05, 4.69) is 0 Å². The minimum absolute atomic E-state index is 0.240. The minimum atomic E-state index is -3.65. The molecule has 1 aliphatic rings. The quantitative estimate of drug-likeness (QED) is 0.651. The van der Waals surface area contributed by atoms with Crippen molar-refractivity contribution in [3.05, 3.63) is 28.3 Å². The zero-order chi connectivity index (χ0) is 21.9. The molecule has 0 aromatic heterocycles. The number of ether oxygens (including phenoxy) is 2. The lowest BCUT2D eigenvalue weighted by Gasteiger charge is -2.31. The van der Waals surface area contributed by atoms with Crippen molar-refractivity contribution in [2.75, 3.05) is 19.7 Å². The van der Waals surface area contributed by atoms with Crippen LogP contribution in [0.15, 0.2) is 11.0 Å². The standard InChI is InChI=1S/C21H31NO6S/c1-13(2)28-19(23)12-27-21(24)18-7-9-22(10-8-18)29(25,26)20-16(5)14(3)11-15(4)17(20)6/h11,13,18H,7-10,12H2,1-6H3. The maximum absolute atomic E-state index is 13.3. The molecule has 0 amide bonds. The van der Waals surface area contributed by atoms with Crippen LogP contribution in [0.5, 0.6) is 0 Å². The second-order valence-corrected chi connectivity index (χ2v) is 9.79. The van der Waals surface area contributed by atoms with E-state index in [1.807, 2.05) is 33.8 Å². The molecule has 0 spiro atoms. The molecular formula is C21H31NO6S. The van der Waals surface area contributed by atoms with E-state index in [1.54, 1.807) is 13.8 Å². The lowest BCUT2D eigenvalue weighted by molar-refractivity contribution is -0.164. The summed E-state index contributed by atoms with van der Waals surface area (Å²) < 4.78 is 38.0. The van der Waals surface area contributed by atoms with E-state index in [9.17, 15) is 18.0 Å². The summed E-state index contributed by atoms with van der Waals surface area (Å²) in [6.45, 7) is 11.0. The Morgan fingerprint density at radius 3 is 2.07 bits per heavy atom. The van der Waals surface area contributed by atoms with Gasteiger partial charge in [0.2, 0.25) is 10.0 Å². The zero-order valence-electron chi connectivity index (χ0n) is 18.1. The SMILES string of the molecule is Cc1cc(C)c(C)c(S(=O)(=O)N2CCC(C(=O)OCC(=O)OC(C)C)CC2)c1C. The van der Waals surface area contributed by atoms with Gasteiger partial charge >= 0.3 is 11.9 Å². The fraction of sp³-hybridized carbons (Fsp3) is 0.619. The van der Waals surface area contributed by atoms with Crippen LogP contribution >= 0.6 is 0 Å². The summed E-state index contributed by atoms with van der Waals surface area (Å²) in [6.07, 6.45) is 0.451. The largest absolute Gasteiger partial charge is 0.460 e. The number of benzene rings is 1. The molecule has 29 heavy (non-hydrogen) atoms. The average molecular weight is 426 g/mol. The van der Waals surface area contributed by atoms with Crippen LogP contribution in [0.1, 0.15) is 48.9 Å². The maximum Gasteiger partial charge on any atom is 0.344 e. The number of sulfonamides is 1. The van der Waals surface area contributed by atoms with Crippen LogP contribution in [-0.4, -0.2) is 50.5 Å². The Morgan fingerprint density at radius 1 is 1.07 bits per heavy atom. The van der Waals surface area contributed by atoms with Crippen LogP contribution in [0.4, 0.5) is 0 Å². The molecule has 162 valence electrons. The van der Waals surface area contributed by atoms with Gasteiger partial charge in [-0.05, 0) is 76.6 Å². The fourth-order valence-corrected chi connectivity index (χ4v) is 5.62. The highest BCUT2D eigenvalue weighted by Crippen LogP contribution is 2.31. The molecule has 0 radical (unpaired) electrons. The molecule has 0 N–H and O–H groups in total. The molecule has 8 heteroatoms. The average Bonchev–Trinajstić information content (AvgIpc) is 2.64. The number of carbonyl (C=O) groups excluding carboxylic acids is 2. The number of aryl methyl sites for hydroxylation is 2. The fourth-order valence-electron chi connectivity index (χ4n) is 3.57. The van der Waals surface area contributed by atoms with Gasteiger partial charge in [-0.15, -0.1) is 0 Å². The molecule has 1 heterocycles. The molecule has 1 aromatic carbocycles. The third kappa shape index (κ3) is 5.36. The summed E-state index contributed by atoms with van der Waals surface area (Å²) in [4.78, 5) is 24.1. The van der Waals surface area contributed by atoms with Gasteiger partial charge in [-0.25, -0.2) is 13.2 Å². The Bertz CT molecular complexity index is 857. The number of hydrogen-bond acceptors (Lipinski definition) is 6. The predicted molar refractivity (Wildman–Crippen MR) is 109 cm³/mol. The van der Waals surface area contributed by atoms with E-state index in [1.165, 1.54) is 4.31 Å². The Kier molecular flexibility index (Phi) is 7.45. The van der Waals surface area contributed by atoms with Crippen LogP contribution in [0.3, 0.4) is 0 Å². The van der Waals surface area contributed by atoms with Crippen LogP contribution in [-0.2, 0) is 29.1 Å². The second kappa shape index (κ2) is 9.26. The molecule has 1 aromatic rings. The van der Waals surface area contributed by atoms with Crippen molar-refractivity contribution < 1.29 is 27.5 Å². The van der Waals surface area contributed by atoms with Gasteiger partial charge in [-0.3, -0.25) is 4.79 Å². The molecule has 0 saturated carbocycles. The molecule has 0 aliphatic carbocycles. The van der Waals surface area contributed by atoms with Crippen molar-refractivity contribution in [1.29, 1.82) is 0 Å². The first-order valence-electron chi connectivity index (χ1n) is 9.88. The van der Waals surface area contributed by atoms with Gasteiger partial charge < -0.3 is 9.47 Å². The third-order valence-corrected chi connectivity index (χ3v) is 7.56. The Labute approximate surface area is 173 Å². The first-order valence-corrected chi connectivity index (χ1v) is 11.3. The molecule has 0 bridgehead atoms. The van der Waals surface area contributed by atoms with Gasteiger partial charge in [-0.1, -0.05) is 6.07 Å². The van der Waals surface area contributed by atoms with Gasteiger partial charge in [0.25, 0.3) is 0 Å².